The van der Waals surface area contributed by atoms with Crippen molar-refractivity contribution in [1.82, 2.24) is 20.4 Å². The van der Waals surface area contributed by atoms with Gasteiger partial charge < -0.3 is 30.9 Å². The molecule has 3 amide bonds. The highest BCUT2D eigenvalue weighted by molar-refractivity contribution is 7.99. The quantitative estimate of drug-likeness (QED) is 0.331. The number of primary amides is 1. The Balaban J connectivity index is 1.23. The lowest BCUT2D eigenvalue weighted by molar-refractivity contribution is -0.137. The maximum Gasteiger partial charge on any atom is 0.416 e. The Hall–Kier alpha value is -3.49. The zero-order valence-corrected chi connectivity index (χ0v) is 26.6. The number of ether oxygens (including phenoxy) is 1. The summed E-state index contributed by atoms with van der Waals surface area (Å²) < 4.78 is 45.7. The first-order valence-corrected chi connectivity index (χ1v) is 15.8. The van der Waals surface area contributed by atoms with Gasteiger partial charge in [-0.3, -0.25) is 14.5 Å². The third kappa shape index (κ3) is 10.00. The van der Waals surface area contributed by atoms with Gasteiger partial charge in [-0.25, -0.2) is 4.79 Å². The number of hydrogen-bond donors (Lipinski definition) is 3. The van der Waals surface area contributed by atoms with Gasteiger partial charge in [0.15, 0.2) is 0 Å². The van der Waals surface area contributed by atoms with Crippen molar-refractivity contribution in [2.45, 2.75) is 61.2 Å². The van der Waals surface area contributed by atoms with Crippen molar-refractivity contribution in [3.05, 3.63) is 48.0 Å². The van der Waals surface area contributed by atoms with Crippen LogP contribution in [-0.4, -0.2) is 91.7 Å². The second-order valence-electron chi connectivity index (χ2n) is 12.1. The number of carbonyl (C=O) groups excluding carboxylic acids is 3. The molecule has 4 N–H and O–H groups in total. The Kier molecular flexibility index (Phi) is 11.3. The number of carbonyl (C=O) groups is 3. The predicted octanol–water partition coefficient (Wildman–Crippen LogP) is 4.20. The summed E-state index contributed by atoms with van der Waals surface area (Å²) in [7, 11) is 0. The molecule has 246 valence electrons. The van der Waals surface area contributed by atoms with E-state index in [-0.39, 0.29) is 6.42 Å². The van der Waals surface area contributed by atoms with Gasteiger partial charge in [-0.1, -0.05) is 23.9 Å². The second-order valence-corrected chi connectivity index (χ2v) is 13.2. The number of piperazine rings is 1. The standard InChI is InChI=1S/C31H41F3N6O4S/c1-30(2,3)44-29(43)37-22(20-27(35)41)28(42)36-11-14-39-17-15-38(16-18-39)12-6-13-40-23-7-4-5-8-25(23)45-26-10-9-21(19-24(26)40)31(32,33)34/h4-5,7-10,19,22H,6,11-18,20H2,1-3H3,(H2,35,41)(H,36,42)(H,37,43)/t22-/m1/s1. The lowest BCUT2D eigenvalue weighted by Gasteiger charge is -2.36. The topological polar surface area (TPSA) is 120 Å². The Labute approximate surface area is 265 Å². The largest absolute Gasteiger partial charge is 0.444 e. The molecule has 0 unspecified atom stereocenters. The molecule has 4 rings (SSSR count). The average molecular weight is 651 g/mol. The molecule has 14 heteroatoms. The number of hydrogen-bond acceptors (Lipinski definition) is 8. The van der Waals surface area contributed by atoms with E-state index >= 15 is 0 Å². The number of nitrogens with zero attached hydrogens (tertiary/aromatic N) is 3. The molecule has 2 aromatic carbocycles. The molecule has 1 fully saturated rings. The monoisotopic (exact) mass is 650 g/mol. The first-order valence-electron chi connectivity index (χ1n) is 15.0. The molecule has 0 spiro atoms. The molecule has 10 nitrogen and oxygen atoms in total. The van der Waals surface area contributed by atoms with Gasteiger partial charge in [0.25, 0.3) is 0 Å². The maximum atomic E-state index is 13.5. The van der Waals surface area contributed by atoms with Gasteiger partial charge in [-0.15, -0.1) is 0 Å². The number of nitrogens with one attached hydrogen (secondary N) is 2. The molecule has 0 aromatic heterocycles. The van der Waals surface area contributed by atoms with E-state index in [0.29, 0.717) is 25.3 Å². The van der Waals surface area contributed by atoms with Crippen LogP contribution in [0.15, 0.2) is 52.3 Å². The maximum absolute atomic E-state index is 13.5. The first-order chi connectivity index (χ1) is 21.2. The normalized spacial score (nSPS) is 16.4. The van der Waals surface area contributed by atoms with Crippen molar-refractivity contribution in [3.8, 4) is 0 Å². The van der Waals surface area contributed by atoms with Gasteiger partial charge in [-0.2, -0.15) is 13.2 Å². The number of benzene rings is 2. The smallest absolute Gasteiger partial charge is 0.416 e. The van der Waals surface area contributed by atoms with Crippen molar-refractivity contribution >= 4 is 41.0 Å². The summed E-state index contributed by atoms with van der Waals surface area (Å²) in [5.74, 6) is -1.24. The summed E-state index contributed by atoms with van der Waals surface area (Å²) in [6, 6.07) is 10.6. The Morgan fingerprint density at radius 1 is 0.933 bits per heavy atom. The Morgan fingerprint density at radius 2 is 1.58 bits per heavy atom. The van der Waals surface area contributed by atoms with E-state index in [1.165, 1.54) is 17.8 Å². The highest BCUT2D eigenvalue weighted by Crippen LogP contribution is 2.49. The molecule has 0 bridgehead atoms. The predicted molar refractivity (Wildman–Crippen MR) is 166 cm³/mol. The van der Waals surface area contributed by atoms with Gasteiger partial charge in [-0.05, 0) is 64.1 Å². The van der Waals surface area contributed by atoms with Crippen LogP contribution in [0.4, 0.5) is 29.3 Å². The number of amides is 3. The van der Waals surface area contributed by atoms with Gasteiger partial charge >= 0.3 is 12.3 Å². The summed E-state index contributed by atoms with van der Waals surface area (Å²) >= 11 is 1.49. The van der Waals surface area contributed by atoms with Crippen LogP contribution in [0.1, 0.15) is 39.2 Å². The minimum Gasteiger partial charge on any atom is -0.444 e. The van der Waals surface area contributed by atoms with Gasteiger partial charge in [0.1, 0.15) is 11.6 Å². The molecule has 2 heterocycles. The van der Waals surface area contributed by atoms with E-state index in [2.05, 4.69) is 20.4 Å². The highest BCUT2D eigenvalue weighted by atomic mass is 32.2. The summed E-state index contributed by atoms with van der Waals surface area (Å²) in [5, 5.41) is 5.18. The third-order valence-electron chi connectivity index (χ3n) is 7.41. The van der Waals surface area contributed by atoms with Crippen LogP contribution < -0.4 is 21.3 Å². The SMILES string of the molecule is CC(C)(C)OC(=O)N[C@H](CC(N)=O)C(=O)NCCN1CCN(CCCN2c3ccccc3Sc3ccc(C(F)(F)F)cc32)CC1. The van der Waals surface area contributed by atoms with Crippen LogP contribution in [-0.2, 0) is 20.5 Å². The molecule has 0 saturated carbocycles. The van der Waals surface area contributed by atoms with Crippen LogP contribution in [0.3, 0.4) is 0 Å². The zero-order valence-electron chi connectivity index (χ0n) is 25.8. The fraction of sp³-hybridized carbons (Fsp3) is 0.516. The number of rotatable bonds is 11. The lowest BCUT2D eigenvalue weighted by atomic mass is 10.1. The third-order valence-corrected chi connectivity index (χ3v) is 8.54. The van der Waals surface area contributed by atoms with Crippen molar-refractivity contribution in [2.24, 2.45) is 5.73 Å². The van der Waals surface area contributed by atoms with Gasteiger partial charge in [0.05, 0.1) is 23.4 Å². The number of nitrogens with two attached hydrogens (primary N) is 1. The number of alkyl carbamates (subject to hydrolysis) is 1. The summed E-state index contributed by atoms with van der Waals surface area (Å²) in [6.45, 7) is 10.6. The fourth-order valence-electron chi connectivity index (χ4n) is 5.26. The Bertz CT molecular complexity index is 1360. The summed E-state index contributed by atoms with van der Waals surface area (Å²) in [6.07, 6.45) is -4.79. The Morgan fingerprint density at radius 3 is 2.22 bits per heavy atom. The van der Waals surface area contributed by atoms with Crippen molar-refractivity contribution < 1.29 is 32.3 Å². The van der Waals surface area contributed by atoms with E-state index in [1.807, 2.05) is 29.2 Å². The molecule has 1 saturated heterocycles. The summed E-state index contributed by atoms with van der Waals surface area (Å²) in [5.41, 5.74) is 5.35. The van der Waals surface area contributed by atoms with E-state index in [0.717, 1.165) is 60.7 Å². The molecular formula is C31H41F3N6O4S. The summed E-state index contributed by atoms with van der Waals surface area (Å²) in [4.78, 5) is 44.6. The van der Waals surface area contributed by atoms with Crippen LogP contribution in [0.5, 0.6) is 0 Å². The van der Waals surface area contributed by atoms with E-state index < -0.39 is 41.3 Å². The van der Waals surface area contributed by atoms with Crippen LogP contribution in [0.25, 0.3) is 0 Å². The van der Waals surface area contributed by atoms with Crippen molar-refractivity contribution in [1.29, 1.82) is 0 Å². The minimum absolute atomic E-state index is 0.329. The van der Waals surface area contributed by atoms with Crippen LogP contribution in [0, 0.1) is 0 Å². The zero-order chi connectivity index (χ0) is 32.8. The molecule has 0 radical (unpaired) electrons. The fourth-order valence-corrected chi connectivity index (χ4v) is 6.33. The van der Waals surface area contributed by atoms with E-state index in [9.17, 15) is 27.6 Å². The molecule has 2 aliphatic heterocycles. The van der Waals surface area contributed by atoms with Crippen molar-refractivity contribution in [2.75, 3.05) is 57.3 Å². The highest BCUT2D eigenvalue weighted by Gasteiger charge is 2.33. The van der Waals surface area contributed by atoms with E-state index in [1.54, 1.807) is 26.8 Å². The number of anilines is 2. The molecule has 2 aliphatic rings. The number of halogens is 3. The molecule has 0 aliphatic carbocycles. The van der Waals surface area contributed by atoms with E-state index in [4.69, 9.17) is 10.5 Å². The van der Waals surface area contributed by atoms with Crippen LogP contribution in [0.2, 0.25) is 0 Å². The molecule has 1 atom stereocenters. The molecular weight excluding hydrogens is 609 g/mol. The number of para-hydroxylation sites is 1. The minimum atomic E-state index is -4.41. The van der Waals surface area contributed by atoms with Gasteiger partial charge in [0.2, 0.25) is 11.8 Å². The van der Waals surface area contributed by atoms with Gasteiger partial charge in [0, 0.05) is 55.6 Å². The second kappa shape index (κ2) is 14.7. The average Bonchev–Trinajstić information content (AvgIpc) is 2.95. The van der Waals surface area contributed by atoms with Crippen molar-refractivity contribution in [3.63, 3.8) is 0 Å². The lowest BCUT2D eigenvalue weighted by Crippen LogP contribution is -2.52. The van der Waals surface area contributed by atoms with Crippen LogP contribution >= 0.6 is 11.8 Å². The number of fused-ring (bicyclic) bond motifs is 2. The first kappa shape index (κ1) is 34.4. The number of alkyl halides is 3. The molecule has 2 aromatic rings. The molecule has 45 heavy (non-hydrogen) atoms.